The van der Waals surface area contributed by atoms with E-state index in [1.807, 2.05) is 0 Å². The Morgan fingerprint density at radius 3 is 2.62 bits per heavy atom. The minimum absolute atomic E-state index is 0.537. The van der Waals surface area contributed by atoms with Crippen LogP contribution >= 0.6 is 12.2 Å². The van der Waals surface area contributed by atoms with Gasteiger partial charge in [-0.25, -0.2) is 5.84 Å². The van der Waals surface area contributed by atoms with Gasteiger partial charge in [0.2, 0.25) is 0 Å². The molecule has 1 atom stereocenters. The normalized spacial score (nSPS) is 12.2. The summed E-state index contributed by atoms with van der Waals surface area (Å²) < 4.78 is 0. The molecule has 0 amide bonds. The zero-order valence-corrected chi connectivity index (χ0v) is 9.41. The Balaban J connectivity index is 3.52. The van der Waals surface area contributed by atoms with Gasteiger partial charge in [0.25, 0.3) is 0 Å². The number of hydrazine groups is 1. The van der Waals surface area contributed by atoms with Crippen LogP contribution in [0.3, 0.4) is 0 Å². The SMILES string of the molecule is CCCCC(CC)CNC(=S)NN. The second kappa shape index (κ2) is 8.26. The molecule has 0 aliphatic heterocycles. The number of thiocarbonyl (C=S) groups is 1. The van der Waals surface area contributed by atoms with Crippen molar-refractivity contribution in [2.45, 2.75) is 39.5 Å². The molecule has 0 saturated heterocycles. The summed E-state index contributed by atoms with van der Waals surface area (Å²) in [6.45, 7) is 5.35. The second-order valence-electron chi connectivity index (χ2n) is 3.27. The lowest BCUT2D eigenvalue weighted by Gasteiger charge is -2.15. The van der Waals surface area contributed by atoms with E-state index >= 15 is 0 Å². The molecule has 4 N–H and O–H groups in total. The van der Waals surface area contributed by atoms with Gasteiger partial charge in [0.15, 0.2) is 5.11 Å². The Bertz CT molecular complexity index is 139. The molecule has 0 fully saturated rings. The molecule has 0 aliphatic carbocycles. The standard InChI is InChI=1S/C9H21N3S/c1-3-5-6-8(4-2)7-11-9(13)12-10/h8H,3-7,10H2,1-2H3,(H2,11,12,13). The summed E-state index contributed by atoms with van der Waals surface area (Å²) in [4.78, 5) is 0. The third-order valence-corrected chi connectivity index (χ3v) is 2.49. The average molecular weight is 203 g/mol. The first kappa shape index (κ1) is 12.7. The van der Waals surface area contributed by atoms with Crippen molar-refractivity contribution in [2.75, 3.05) is 6.54 Å². The van der Waals surface area contributed by atoms with Crippen LogP contribution in [0.15, 0.2) is 0 Å². The fraction of sp³-hybridized carbons (Fsp3) is 0.889. The summed E-state index contributed by atoms with van der Waals surface area (Å²) in [6, 6.07) is 0. The lowest BCUT2D eigenvalue weighted by atomic mass is 10.00. The van der Waals surface area contributed by atoms with Crippen LogP contribution in [0, 0.1) is 5.92 Å². The Hall–Kier alpha value is -0.350. The van der Waals surface area contributed by atoms with Crippen molar-refractivity contribution in [3.8, 4) is 0 Å². The van der Waals surface area contributed by atoms with E-state index in [0.29, 0.717) is 11.0 Å². The van der Waals surface area contributed by atoms with Crippen LogP contribution in [-0.2, 0) is 0 Å². The molecule has 0 radical (unpaired) electrons. The van der Waals surface area contributed by atoms with Gasteiger partial charge in [-0.1, -0.05) is 33.1 Å². The van der Waals surface area contributed by atoms with E-state index in [9.17, 15) is 0 Å². The lowest BCUT2D eigenvalue weighted by molar-refractivity contribution is 0.445. The smallest absolute Gasteiger partial charge is 0.180 e. The number of hydrogen-bond donors (Lipinski definition) is 3. The third kappa shape index (κ3) is 6.78. The quantitative estimate of drug-likeness (QED) is 0.348. The molecular weight excluding hydrogens is 182 g/mol. The largest absolute Gasteiger partial charge is 0.361 e. The van der Waals surface area contributed by atoms with E-state index < -0.39 is 0 Å². The Kier molecular flexibility index (Phi) is 8.04. The molecular formula is C9H21N3S. The summed E-state index contributed by atoms with van der Waals surface area (Å²) in [6.07, 6.45) is 5.02. The molecule has 0 aromatic heterocycles. The van der Waals surface area contributed by atoms with E-state index in [1.165, 1.54) is 25.7 Å². The summed E-state index contributed by atoms with van der Waals surface area (Å²) in [5.41, 5.74) is 2.42. The molecule has 78 valence electrons. The van der Waals surface area contributed by atoms with Gasteiger partial charge in [0, 0.05) is 6.54 Å². The number of hydrogen-bond acceptors (Lipinski definition) is 2. The molecule has 0 bridgehead atoms. The lowest BCUT2D eigenvalue weighted by Crippen LogP contribution is -2.41. The minimum Gasteiger partial charge on any atom is -0.361 e. The molecule has 0 rings (SSSR count). The molecule has 0 saturated carbocycles. The van der Waals surface area contributed by atoms with Crippen LogP contribution in [0.4, 0.5) is 0 Å². The van der Waals surface area contributed by atoms with Crippen LogP contribution in [0.1, 0.15) is 39.5 Å². The monoisotopic (exact) mass is 203 g/mol. The van der Waals surface area contributed by atoms with Crippen LogP contribution in [0.5, 0.6) is 0 Å². The maximum atomic E-state index is 5.15. The van der Waals surface area contributed by atoms with Crippen molar-refractivity contribution in [3.05, 3.63) is 0 Å². The summed E-state index contributed by atoms with van der Waals surface area (Å²) in [5, 5.41) is 3.62. The van der Waals surface area contributed by atoms with Gasteiger partial charge >= 0.3 is 0 Å². The maximum absolute atomic E-state index is 5.15. The van der Waals surface area contributed by atoms with Gasteiger partial charge in [0.05, 0.1) is 0 Å². The van der Waals surface area contributed by atoms with E-state index in [-0.39, 0.29) is 0 Å². The minimum atomic E-state index is 0.537. The zero-order chi connectivity index (χ0) is 10.1. The van der Waals surface area contributed by atoms with Gasteiger partial charge in [-0.2, -0.15) is 0 Å². The molecule has 0 heterocycles. The van der Waals surface area contributed by atoms with Gasteiger partial charge in [-0.3, -0.25) is 0 Å². The van der Waals surface area contributed by atoms with E-state index in [0.717, 1.165) is 6.54 Å². The Morgan fingerprint density at radius 1 is 1.46 bits per heavy atom. The highest BCUT2D eigenvalue weighted by atomic mass is 32.1. The topological polar surface area (TPSA) is 50.1 Å². The number of nitrogens with two attached hydrogens (primary N) is 1. The van der Waals surface area contributed by atoms with Gasteiger partial charge in [-0.15, -0.1) is 0 Å². The van der Waals surface area contributed by atoms with Gasteiger partial charge < -0.3 is 10.7 Å². The fourth-order valence-corrected chi connectivity index (χ4v) is 1.31. The molecule has 0 aliphatic rings. The van der Waals surface area contributed by atoms with Crippen LogP contribution < -0.4 is 16.6 Å². The summed E-state index contributed by atoms with van der Waals surface area (Å²) >= 11 is 4.89. The van der Waals surface area contributed by atoms with Crippen molar-refractivity contribution in [1.82, 2.24) is 10.7 Å². The first-order valence-electron chi connectivity index (χ1n) is 4.99. The van der Waals surface area contributed by atoms with Crippen LogP contribution in [0.25, 0.3) is 0 Å². The number of unbranched alkanes of at least 4 members (excludes halogenated alkanes) is 1. The van der Waals surface area contributed by atoms with Crippen molar-refractivity contribution in [3.63, 3.8) is 0 Å². The predicted molar refractivity (Wildman–Crippen MR) is 61.2 cm³/mol. The molecule has 4 heteroatoms. The van der Waals surface area contributed by atoms with Gasteiger partial charge in [0.1, 0.15) is 0 Å². The molecule has 0 aromatic carbocycles. The molecule has 1 unspecified atom stereocenters. The van der Waals surface area contributed by atoms with Crippen LogP contribution in [0.2, 0.25) is 0 Å². The van der Waals surface area contributed by atoms with Crippen molar-refractivity contribution < 1.29 is 0 Å². The zero-order valence-electron chi connectivity index (χ0n) is 8.60. The average Bonchev–Trinajstić information content (AvgIpc) is 2.17. The predicted octanol–water partition coefficient (Wildman–Crippen LogP) is 1.54. The van der Waals surface area contributed by atoms with E-state index in [2.05, 4.69) is 24.6 Å². The molecule has 0 spiro atoms. The van der Waals surface area contributed by atoms with Crippen molar-refractivity contribution in [1.29, 1.82) is 0 Å². The summed E-state index contributed by atoms with van der Waals surface area (Å²) in [7, 11) is 0. The van der Waals surface area contributed by atoms with E-state index in [4.69, 9.17) is 18.1 Å². The molecule has 13 heavy (non-hydrogen) atoms. The number of nitrogens with one attached hydrogen (secondary N) is 2. The highest BCUT2D eigenvalue weighted by Gasteiger charge is 2.05. The third-order valence-electron chi connectivity index (χ3n) is 2.23. The molecule has 3 nitrogen and oxygen atoms in total. The molecule has 0 aromatic rings. The Morgan fingerprint density at radius 2 is 2.15 bits per heavy atom. The second-order valence-corrected chi connectivity index (χ2v) is 3.68. The van der Waals surface area contributed by atoms with Crippen molar-refractivity contribution in [2.24, 2.45) is 11.8 Å². The highest BCUT2D eigenvalue weighted by Crippen LogP contribution is 2.10. The van der Waals surface area contributed by atoms with Gasteiger partial charge in [-0.05, 0) is 24.6 Å². The Labute approximate surface area is 86.4 Å². The fourth-order valence-electron chi connectivity index (χ4n) is 1.23. The van der Waals surface area contributed by atoms with Crippen molar-refractivity contribution >= 4 is 17.3 Å². The summed E-state index contributed by atoms with van der Waals surface area (Å²) in [5.74, 6) is 5.86. The maximum Gasteiger partial charge on any atom is 0.180 e. The first-order valence-corrected chi connectivity index (χ1v) is 5.39. The number of rotatable bonds is 6. The van der Waals surface area contributed by atoms with Crippen LogP contribution in [-0.4, -0.2) is 11.7 Å². The highest BCUT2D eigenvalue weighted by molar-refractivity contribution is 7.80. The van der Waals surface area contributed by atoms with E-state index in [1.54, 1.807) is 0 Å². The first-order chi connectivity index (χ1) is 6.24.